The predicted octanol–water partition coefficient (Wildman–Crippen LogP) is 2.14. The Morgan fingerprint density at radius 2 is 2.20 bits per heavy atom. The molecule has 15 heavy (non-hydrogen) atoms. The van der Waals surface area contributed by atoms with E-state index in [-0.39, 0.29) is 0 Å². The molecule has 1 aromatic rings. The largest absolute Gasteiger partial charge is 0.373 e. The lowest BCUT2D eigenvalue weighted by Crippen LogP contribution is -2.04. The topological polar surface area (TPSA) is 47.0 Å². The minimum absolute atomic E-state index is 0.496. The van der Waals surface area contributed by atoms with Crippen LogP contribution >= 0.6 is 0 Å². The van der Waals surface area contributed by atoms with E-state index in [1.807, 2.05) is 20.0 Å². The lowest BCUT2D eigenvalue weighted by atomic mass is 10.4. The molecule has 0 fully saturated rings. The van der Waals surface area contributed by atoms with Crippen LogP contribution in [-0.2, 0) is 11.3 Å². The molecule has 0 bridgehead atoms. The fraction of sp³-hybridized carbons (Fsp3) is 0.636. The van der Waals surface area contributed by atoms with Gasteiger partial charge in [-0.2, -0.15) is 0 Å². The number of nitrogens with zero attached hydrogens (tertiary/aromatic N) is 2. The minimum Gasteiger partial charge on any atom is -0.373 e. The van der Waals surface area contributed by atoms with E-state index in [4.69, 9.17) is 4.74 Å². The first-order valence-electron chi connectivity index (χ1n) is 5.36. The molecule has 0 aliphatic rings. The van der Waals surface area contributed by atoms with E-state index >= 15 is 0 Å². The van der Waals surface area contributed by atoms with Crippen molar-refractivity contribution in [2.75, 3.05) is 19.0 Å². The number of ether oxygens (including phenoxy) is 1. The number of rotatable bonds is 6. The molecule has 1 aromatic heterocycles. The van der Waals surface area contributed by atoms with Crippen LogP contribution in [0.15, 0.2) is 6.07 Å². The van der Waals surface area contributed by atoms with Crippen LogP contribution in [0.4, 0.5) is 5.82 Å². The first-order chi connectivity index (χ1) is 7.26. The molecule has 0 saturated carbocycles. The summed E-state index contributed by atoms with van der Waals surface area (Å²) in [5.74, 6) is 1.59. The fourth-order valence-corrected chi connectivity index (χ4v) is 1.23. The second kappa shape index (κ2) is 6.35. The van der Waals surface area contributed by atoms with Crippen LogP contribution in [0, 0.1) is 6.92 Å². The van der Waals surface area contributed by atoms with Crippen molar-refractivity contribution < 1.29 is 4.74 Å². The van der Waals surface area contributed by atoms with Gasteiger partial charge in [-0.25, -0.2) is 9.97 Å². The lowest BCUT2D eigenvalue weighted by Gasteiger charge is -2.05. The van der Waals surface area contributed by atoms with E-state index in [1.54, 1.807) is 0 Å². The standard InChI is InChI=1S/C11H19N3O/c1-4-5-6-15-8-11-13-9(2)7-10(12-3)14-11/h7H,4-6,8H2,1-3H3,(H,12,13,14). The maximum Gasteiger partial charge on any atom is 0.156 e. The van der Waals surface area contributed by atoms with Gasteiger partial charge in [-0.1, -0.05) is 13.3 Å². The van der Waals surface area contributed by atoms with Crippen LogP contribution in [0.25, 0.3) is 0 Å². The SMILES string of the molecule is CCCCOCc1nc(C)cc(NC)n1. The van der Waals surface area contributed by atoms with Gasteiger partial charge in [-0.15, -0.1) is 0 Å². The average molecular weight is 209 g/mol. The van der Waals surface area contributed by atoms with Crippen molar-refractivity contribution in [3.8, 4) is 0 Å². The molecular weight excluding hydrogens is 190 g/mol. The predicted molar refractivity (Wildman–Crippen MR) is 60.9 cm³/mol. The van der Waals surface area contributed by atoms with Gasteiger partial charge in [0.1, 0.15) is 12.4 Å². The summed E-state index contributed by atoms with van der Waals surface area (Å²) in [4.78, 5) is 8.61. The van der Waals surface area contributed by atoms with Crippen molar-refractivity contribution in [3.05, 3.63) is 17.6 Å². The number of nitrogens with one attached hydrogen (secondary N) is 1. The number of unbranched alkanes of at least 4 members (excludes halogenated alkanes) is 1. The Hall–Kier alpha value is -1.16. The van der Waals surface area contributed by atoms with E-state index in [0.717, 1.165) is 36.8 Å². The Bertz CT molecular complexity index is 302. The summed E-state index contributed by atoms with van der Waals surface area (Å²) in [6, 6.07) is 1.91. The third kappa shape index (κ3) is 4.25. The highest BCUT2D eigenvalue weighted by Gasteiger charge is 2.00. The Labute approximate surface area is 91.1 Å². The van der Waals surface area contributed by atoms with Gasteiger partial charge in [0, 0.05) is 25.4 Å². The summed E-state index contributed by atoms with van der Waals surface area (Å²) < 4.78 is 5.46. The normalized spacial score (nSPS) is 10.3. The molecule has 0 saturated heterocycles. The number of aromatic nitrogens is 2. The second-order valence-corrected chi connectivity index (χ2v) is 3.47. The van der Waals surface area contributed by atoms with Crippen molar-refractivity contribution in [1.82, 2.24) is 9.97 Å². The Morgan fingerprint density at radius 1 is 1.40 bits per heavy atom. The van der Waals surface area contributed by atoms with Crippen molar-refractivity contribution in [2.45, 2.75) is 33.3 Å². The first-order valence-corrected chi connectivity index (χ1v) is 5.36. The molecule has 0 aromatic carbocycles. The van der Waals surface area contributed by atoms with Gasteiger partial charge in [-0.05, 0) is 13.3 Å². The Balaban J connectivity index is 2.49. The highest BCUT2D eigenvalue weighted by atomic mass is 16.5. The lowest BCUT2D eigenvalue weighted by molar-refractivity contribution is 0.112. The summed E-state index contributed by atoms with van der Waals surface area (Å²) >= 11 is 0. The zero-order valence-corrected chi connectivity index (χ0v) is 9.71. The van der Waals surface area contributed by atoms with E-state index < -0.39 is 0 Å². The summed E-state index contributed by atoms with van der Waals surface area (Å²) in [7, 11) is 1.85. The quantitative estimate of drug-likeness (QED) is 0.729. The van der Waals surface area contributed by atoms with Crippen LogP contribution in [-0.4, -0.2) is 23.6 Å². The molecule has 0 aliphatic heterocycles. The van der Waals surface area contributed by atoms with Gasteiger partial charge >= 0.3 is 0 Å². The van der Waals surface area contributed by atoms with E-state index in [2.05, 4.69) is 22.2 Å². The van der Waals surface area contributed by atoms with Crippen molar-refractivity contribution >= 4 is 5.82 Å². The van der Waals surface area contributed by atoms with E-state index in [9.17, 15) is 0 Å². The van der Waals surface area contributed by atoms with Gasteiger partial charge in [0.2, 0.25) is 0 Å². The molecule has 4 nitrogen and oxygen atoms in total. The number of hydrogen-bond acceptors (Lipinski definition) is 4. The highest BCUT2D eigenvalue weighted by molar-refractivity contribution is 5.34. The van der Waals surface area contributed by atoms with Gasteiger partial charge in [0.25, 0.3) is 0 Å². The monoisotopic (exact) mass is 209 g/mol. The van der Waals surface area contributed by atoms with Crippen LogP contribution in [0.1, 0.15) is 31.3 Å². The number of aryl methyl sites for hydroxylation is 1. The van der Waals surface area contributed by atoms with E-state index in [1.165, 1.54) is 0 Å². The first kappa shape index (κ1) is 11.9. The second-order valence-electron chi connectivity index (χ2n) is 3.47. The summed E-state index contributed by atoms with van der Waals surface area (Å²) in [6.45, 7) is 5.38. The molecule has 0 aliphatic carbocycles. The molecule has 84 valence electrons. The Morgan fingerprint density at radius 3 is 2.87 bits per heavy atom. The average Bonchev–Trinajstić information content (AvgIpc) is 2.23. The summed E-state index contributed by atoms with van der Waals surface area (Å²) in [5, 5.41) is 3.00. The molecule has 0 unspecified atom stereocenters. The molecule has 0 spiro atoms. The molecule has 0 radical (unpaired) electrons. The van der Waals surface area contributed by atoms with Gasteiger partial charge in [0.05, 0.1) is 0 Å². The van der Waals surface area contributed by atoms with Crippen molar-refractivity contribution in [3.63, 3.8) is 0 Å². The minimum atomic E-state index is 0.496. The molecule has 1 rings (SSSR count). The third-order valence-electron chi connectivity index (χ3n) is 2.03. The van der Waals surface area contributed by atoms with Crippen molar-refractivity contribution in [1.29, 1.82) is 0 Å². The fourth-order valence-electron chi connectivity index (χ4n) is 1.23. The van der Waals surface area contributed by atoms with Crippen LogP contribution < -0.4 is 5.32 Å². The summed E-state index contributed by atoms with van der Waals surface area (Å²) in [6.07, 6.45) is 2.24. The molecular formula is C11H19N3O. The zero-order chi connectivity index (χ0) is 11.1. The number of hydrogen-bond donors (Lipinski definition) is 1. The van der Waals surface area contributed by atoms with Gasteiger partial charge in [0.15, 0.2) is 5.82 Å². The zero-order valence-electron chi connectivity index (χ0n) is 9.71. The van der Waals surface area contributed by atoms with Crippen LogP contribution in [0.2, 0.25) is 0 Å². The molecule has 1 heterocycles. The maximum absolute atomic E-state index is 5.46. The van der Waals surface area contributed by atoms with Crippen molar-refractivity contribution in [2.24, 2.45) is 0 Å². The molecule has 0 amide bonds. The van der Waals surface area contributed by atoms with Gasteiger partial charge < -0.3 is 10.1 Å². The maximum atomic E-state index is 5.46. The molecule has 1 N–H and O–H groups in total. The Kier molecular flexibility index (Phi) is 5.04. The third-order valence-corrected chi connectivity index (χ3v) is 2.03. The van der Waals surface area contributed by atoms with Crippen LogP contribution in [0.5, 0.6) is 0 Å². The summed E-state index contributed by atoms with van der Waals surface area (Å²) in [5.41, 5.74) is 0.962. The van der Waals surface area contributed by atoms with Gasteiger partial charge in [-0.3, -0.25) is 0 Å². The van der Waals surface area contributed by atoms with Crippen LogP contribution in [0.3, 0.4) is 0 Å². The highest BCUT2D eigenvalue weighted by Crippen LogP contribution is 2.06. The molecule has 4 heteroatoms. The van der Waals surface area contributed by atoms with E-state index in [0.29, 0.717) is 6.61 Å². The molecule has 0 atom stereocenters. The smallest absolute Gasteiger partial charge is 0.156 e. The number of anilines is 1.